The summed E-state index contributed by atoms with van der Waals surface area (Å²) in [6.45, 7) is 1.75. The number of hydrogen-bond donors (Lipinski definition) is 1. The van der Waals surface area contributed by atoms with Crippen LogP contribution >= 0.6 is 22.7 Å². The van der Waals surface area contributed by atoms with Gasteiger partial charge in [-0.25, -0.2) is 9.18 Å². The van der Waals surface area contributed by atoms with Crippen molar-refractivity contribution < 1.29 is 18.7 Å². The Kier molecular flexibility index (Phi) is 5.92. The third kappa shape index (κ3) is 4.12. The number of halogens is 1. The fourth-order valence-electron chi connectivity index (χ4n) is 3.02. The molecule has 4 rings (SSSR count). The van der Waals surface area contributed by atoms with Gasteiger partial charge in [-0.05, 0) is 30.5 Å². The maximum atomic E-state index is 14.4. The Labute approximate surface area is 183 Å². The van der Waals surface area contributed by atoms with Crippen LogP contribution in [0.15, 0.2) is 52.0 Å². The van der Waals surface area contributed by atoms with Gasteiger partial charge in [0.05, 0.1) is 18.4 Å². The number of ether oxygens (including phenoxy) is 1. The fourth-order valence-corrected chi connectivity index (χ4v) is 4.68. The molecule has 0 radical (unpaired) electrons. The van der Waals surface area contributed by atoms with E-state index in [1.54, 1.807) is 18.4 Å². The molecule has 0 saturated heterocycles. The molecule has 0 unspecified atom stereocenters. The molecule has 0 aliphatic rings. The number of nitrogens with one attached hydrogen (secondary N) is 1. The Morgan fingerprint density at radius 1 is 1.19 bits per heavy atom. The summed E-state index contributed by atoms with van der Waals surface area (Å²) in [7, 11) is 0. The summed E-state index contributed by atoms with van der Waals surface area (Å²) in [5, 5.41) is 10.8. The Morgan fingerprint density at radius 2 is 2.00 bits per heavy atom. The number of benzene rings is 1. The first-order valence-electron chi connectivity index (χ1n) is 9.28. The highest BCUT2D eigenvalue weighted by Crippen LogP contribution is 2.31. The maximum Gasteiger partial charge on any atom is 0.359 e. The molecular weight excluding hydrogens is 441 g/mol. The zero-order valence-electron chi connectivity index (χ0n) is 16.3. The lowest BCUT2D eigenvalue weighted by molar-refractivity contribution is -0.115. The van der Waals surface area contributed by atoms with Gasteiger partial charge in [0.15, 0.2) is 5.69 Å². The predicted molar refractivity (Wildman–Crippen MR) is 118 cm³/mol. The van der Waals surface area contributed by atoms with E-state index in [2.05, 4.69) is 10.4 Å². The van der Waals surface area contributed by atoms with E-state index >= 15 is 0 Å². The van der Waals surface area contributed by atoms with Crippen LogP contribution in [0.25, 0.3) is 16.5 Å². The number of anilines is 1. The molecule has 0 fully saturated rings. The molecule has 0 atom stereocenters. The lowest BCUT2D eigenvalue weighted by Crippen LogP contribution is -2.26. The summed E-state index contributed by atoms with van der Waals surface area (Å²) in [5.74, 6) is -1.73. The molecule has 0 saturated carbocycles. The van der Waals surface area contributed by atoms with Crippen LogP contribution in [-0.4, -0.2) is 28.3 Å². The number of amides is 1. The van der Waals surface area contributed by atoms with Gasteiger partial charge in [0.2, 0.25) is 5.91 Å². The molecule has 1 N–H and O–H groups in total. The van der Waals surface area contributed by atoms with Gasteiger partial charge in [0, 0.05) is 15.6 Å². The topological polar surface area (TPSA) is 90.3 Å². The molecule has 0 bridgehead atoms. The third-order valence-electron chi connectivity index (χ3n) is 4.37. The van der Waals surface area contributed by atoms with Gasteiger partial charge in [-0.15, -0.1) is 22.7 Å². The second-order valence-electron chi connectivity index (χ2n) is 6.40. The van der Waals surface area contributed by atoms with E-state index in [4.69, 9.17) is 4.74 Å². The molecule has 4 aromatic rings. The average Bonchev–Trinajstić information content (AvgIpc) is 3.40. The Balaban J connectivity index is 1.85. The first-order valence-corrected chi connectivity index (χ1v) is 11.0. The Bertz CT molecular complexity index is 1330. The van der Waals surface area contributed by atoms with E-state index in [9.17, 15) is 18.8 Å². The van der Waals surface area contributed by atoms with Crippen LogP contribution in [-0.2, 0) is 16.0 Å². The van der Waals surface area contributed by atoms with E-state index in [1.807, 2.05) is 17.5 Å². The van der Waals surface area contributed by atoms with Crippen LogP contribution < -0.4 is 10.9 Å². The molecule has 1 aromatic carbocycles. The van der Waals surface area contributed by atoms with Crippen molar-refractivity contribution in [3.8, 4) is 5.69 Å². The number of hydrogen-bond acceptors (Lipinski definition) is 7. The van der Waals surface area contributed by atoms with Crippen LogP contribution in [0.4, 0.5) is 9.39 Å². The molecular formula is C21H16FN3O4S2. The Hall–Kier alpha value is -3.37. The van der Waals surface area contributed by atoms with Crippen molar-refractivity contribution in [2.24, 2.45) is 0 Å². The standard InChI is InChI=1S/C21H16FN3O4S2/c1-2-29-21(28)18-13-11-31-19(23-16(26)10-12-6-5-9-30-12)17(13)20(27)25(24-18)15-8-4-3-7-14(15)22/h3-9,11H,2,10H2,1H3,(H,23,26). The van der Waals surface area contributed by atoms with Crippen LogP contribution in [0.3, 0.4) is 0 Å². The van der Waals surface area contributed by atoms with E-state index in [0.717, 1.165) is 20.9 Å². The lowest BCUT2D eigenvalue weighted by atomic mass is 10.2. The van der Waals surface area contributed by atoms with Gasteiger partial charge in [-0.3, -0.25) is 9.59 Å². The zero-order valence-corrected chi connectivity index (χ0v) is 17.9. The van der Waals surface area contributed by atoms with Crippen molar-refractivity contribution in [1.82, 2.24) is 9.78 Å². The summed E-state index contributed by atoms with van der Waals surface area (Å²) < 4.78 is 20.3. The number of esters is 1. The van der Waals surface area contributed by atoms with E-state index in [1.165, 1.54) is 29.5 Å². The number of aromatic nitrogens is 2. The minimum Gasteiger partial charge on any atom is -0.461 e. The van der Waals surface area contributed by atoms with Crippen molar-refractivity contribution in [1.29, 1.82) is 0 Å². The van der Waals surface area contributed by atoms with Crippen molar-refractivity contribution >= 4 is 50.3 Å². The van der Waals surface area contributed by atoms with Crippen LogP contribution in [0.1, 0.15) is 22.3 Å². The average molecular weight is 458 g/mol. The number of carbonyl (C=O) groups is 2. The quantitative estimate of drug-likeness (QED) is 0.442. The molecule has 10 heteroatoms. The molecule has 3 aromatic heterocycles. The molecule has 158 valence electrons. The van der Waals surface area contributed by atoms with Crippen molar-refractivity contribution in [3.63, 3.8) is 0 Å². The third-order valence-corrected chi connectivity index (χ3v) is 6.14. The maximum absolute atomic E-state index is 14.4. The number of fused-ring (bicyclic) bond motifs is 1. The van der Waals surface area contributed by atoms with Crippen molar-refractivity contribution in [2.45, 2.75) is 13.3 Å². The SMILES string of the molecule is CCOC(=O)c1nn(-c2ccccc2F)c(=O)c2c(NC(=O)Cc3cccs3)scc12. The van der Waals surface area contributed by atoms with Crippen molar-refractivity contribution in [3.05, 3.63) is 73.9 Å². The highest BCUT2D eigenvalue weighted by molar-refractivity contribution is 7.16. The van der Waals surface area contributed by atoms with Crippen molar-refractivity contribution in [2.75, 3.05) is 11.9 Å². The van der Waals surface area contributed by atoms with E-state index in [0.29, 0.717) is 0 Å². The minimum absolute atomic E-state index is 0.0748. The summed E-state index contributed by atoms with van der Waals surface area (Å²) >= 11 is 2.54. The van der Waals surface area contributed by atoms with E-state index in [-0.39, 0.29) is 46.1 Å². The smallest absolute Gasteiger partial charge is 0.359 e. The highest BCUT2D eigenvalue weighted by atomic mass is 32.1. The monoisotopic (exact) mass is 457 g/mol. The van der Waals surface area contributed by atoms with Gasteiger partial charge in [0.1, 0.15) is 16.5 Å². The molecule has 0 aliphatic heterocycles. The Morgan fingerprint density at radius 3 is 2.71 bits per heavy atom. The van der Waals surface area contributed by atoms with Gasteiger partial charge < -0.3 is 10.1 Å². The number of para-hydroxylation sites is 1. The summed E-state index contributed by atoms with van der Waals surface area (Å²) in [5.41, 5.74) is -0.891. The number of thiophene rings is 2. The normalized spacial score (nSPS) is 10.9. The van der Waals surface area contributed by atoms with Gasteiger partial charge >= 0.3 is 5.97 Å². The molecule has 0 spiro atoms. The van der Waals surface area contributed by atoms with Crippen LogP contribution in [0.5, 0.6) is 0 Å². The second-order valence-corrected chi connectivity index (χ2v) is 8.31. The molecule has 7 nitrogen and oxygen atoms in total. The first-order chi connectivity index (χ1) is 15.0. The lowest BCUT2D eigenvalue weighted by Gasteiger charge is -2.10. The second kappa shape index (κ2) is 8.78. The van der Waals surface area contributed by atoms with Gasteiger partial charge in [-0.1, -0.05) is 18.2 Å². The summed E-state index contributed by atoms with van der Waals surface area (Å²) in [6.07, 6.45) is 0.147. The minimum atomic E-state index is -0.744. The summed E-state index contributed by atoms with van der Waals surface area (Å²) in [6, 6.07) is 9.29. The molecule has 3 heterocycles. The summed E-state index contributed by atoms with van der Waals surface area (Å²) in [4.78, 5) is 39.1. The number of carbonyl (C=O) groups excluding carboxylic acids is 2. The zero-order chi connectivity index (χ0) is 22.0. The van der Waals surface area contributed by atoms with E-state index < -0.39 is 17.3 Å². The molecule has 1 amide bonds. The van der Waals surface area contributed by atoms with Crippen LogP contribution in [0, 0.1) is 5.82 Å². The first kappa shape index (κ1) is 20.9. The number of rotatable bonds is 6. The highest BCUT2D eigenvalue weighted by Gasteiger charge is 2.24. The van der Waals surface area contributed by atoms with Gasteiger partial charge in [-0.2, -0.15) is 9.78 Å². The fraction of sp³-hybridized carbons (Fsp3) is 0.143. The number of nitrogens with zero attached hydrogens (tertiary/aromatic N) is 2. The predicted octanol–water partition coefficient (Wildman–Crippen LogP) is 4.01. The molecule has 31 heavy (non-hydrogen) atoms. The molecule has 0 aliphatic carbocycles. The van der Waals surface area contributed by atoms with Crippen LogP contribution in [0.2, 0.25) is 0 Å². The van der Waals surface area contributed by atoms with Gasteiger partial charge in [0.25, 0.3) is 5.56 Å². The largest absolute Gasteiger partial charge is 0.461 e.